The number of alkyl halides is 3. The van der Waals surface area contributed by atoms with E-state index >= 15 is 0 Å². The standard InChI is InChI=1S/C17H21F3N2O4/c18-17(19,20)11-25-9-7-15(23)22-14-6-2-1-5-13(14)16(24)21-10-12-4-3-8-26-12/h1-2,5-6,12H,3-4,7-11H2,(H,21,24)(H,22,23). The van der Waals surface area contributed by atoms with Crippen molar-refractivity contribution in [2.75, 3.05) is 31.7 Å². The van der Waals surface area contributed by atoms with E-state index < -0.39 is 18.7 Å². The normalized spacial score (nSPS) is 17.1. The molecule has 144 valence electrons. The van der Waals surface area contributed by atoms with Crippen LogP contribution < -0.4 is 10.6 Å². The fourth-order valence-corrected chi connectivity index (χ4v) is 2.46. The Morgan fingerprint density at radius 2 is 2.04 bits per heavy atom. The molecule has 1 saturated heterocycles. The number of ether oxygens (including phenoxy) is 2. The summed E-state index contributed by atoms with van der Waals surface area (Å²) in [5.41, 5.74) is 0.563. The third kappa shape index (κ3) is 7.01. The molecule has 1 aromatic rings. The number of halogens is 3. The molecule has 1 unspecified atom stereocenters. The Bertz CT molecular complexity index is 616. The highest BCUT2D eigenvalue weighted by Gasteiger charge is 2.27. The fourth-order valence-electron chi connectivity index (χ4n) is 2.46. The quantitative estimate of drug-likeness (QED) is 0.686. The molecule has 2 N–H and O–H groups in total. The predicted octanol–water partition coefficient (Wildman–Crippen LogP) is 2.50. The van der Waals surface area contributed by atoms with Gasteiger partial charge in [0.1, 0.15) is 6.61 Å². The van der Waals surface area contributed by atoms with Gasteiger partial charge in [0, 0.05) is 13.2 Å². The smallest absolute Gasteiger partial charge is 0.376 e. The maximum Gasteiger partial charge on any atom is 0.411 e. The van der Waals surface area contributed by atoms with Crippen LogP contribution in [0.3, 0.4) is 0 Å². The van der Waals surface area contributed by atoms with Crippen LogP contribution in [0, 0.1) is 0 Å². The molecule has 2 rings (SSSR count). The van der Waals surface area contributed by atoms with Gasteiger partial charge in [-0.15, -0.1) is 0 Å². The molecule has 1 aliphatic heterocycles. The van der Waals surface area contributed by atoms with E-state index in [4.69, 9.17) is 4.74 Å². The first-order valence-electron chi connectivity index (χ1n) is 8.28. The van der Waals surface area contributed by atoms with Crippen molar-refractivity contribution in [1.82, 2.24) is 5.32 Å². The number of para-hydroxylation sites is 1. The highest BCUT2D eigenvalue weighted by atomic mass is 19.4. The van der Waals surface area contributed by atoms with E-state index in [0.29, 0.717) is 13.2 Å². The lowest BCUT2D eigenvalue weighted by molar-refractivity contribution is -0.174. The Kier molecular flexibility index (Phi) is 7.40. The first-order valence-corrected chi connectivity index (χ1v) is 8.28. The van der Waals surface area contributed by atoms with Crippen LogP contribution in [0.2, 0.25) is 0 Å². The number of carbonyl (C=O) groups is 2. The maximum absolute atomic E-state index is 12.3. The van der Waals surface area contributed by atoms with Crippen molar-refractivity contribution in [3.63, 3.8) is 0 Å². The van der Waals surface area contributed by atoms with Crippen LogP contribution in [0.15, 0.2) is 24.3 Å². The Morgan fingerprint density at radius 3 is 2.73 bits per heavy atom. The van der Waals surface area contributed by atoms with Gasteiger partial charge in [-0.2, -0.15) is 13.2 Å². The fraction of sp³-hybridized carbons (Fsp3) is 0.529. The van der Waals surface area contributed by atoms with Crippen molar-refractivity contribution in [1.29, 1.82) is 0 Å². The molecule has 1 aromatic carbocycles. The minimum Gasteiger partial charge on any atom is -0.376 e. The number of amides is 2. The summed E-state index contributed by atoms with van der Waals surface area (Å²) < 4.78 is 45.8. The van der Waals surface area contributed by atoms with Gasteiger partial charge in [-0.1, -0.05) is 12.1 Å². The maximum atomic E-state index is 12.3. The second-order valence-electron chi connectivity index (χ2n) is 5.86. The zero-order chi connectivity index (χ0) is 19.0. The lowest BCUT2D eigenvalue weighted by Gasteiger charge is -2.14. The van der Waals surface area contributed by atoms with E-state index in [1.165, 1.54) is 0 Å². The molecule has 1 aliphatic rings. The summed E-state index contributed by atoms with van der Waals surface area (Å²) in [6.07, 6.45) is -2.83. The molecule has 1 atom stereocenters. The van der Waals surface area contributed by atoms with Crippen molar-refractivity contribution >= 4 is 17.5 Å². The van der Waals surface area contributed by atoms with Gasteiger partial charge in [-0.05, 0) is 25.0 Å². The van der Waals surface area contributed by atoms with Crippen molar-refractivity contribution in [2.45, 2.75) is 31.5 Å². The molecule has 1 fully saturated rings. The minimum atomic E-state index is -4.43. The Hall–Kier alpha value is -2.13. The van der Waals surface area contributed by atoms with E-state index in [1.54, 1.807) is 24.3 Å². The van der Waals surface area contributed by atoms with E-state index in [-0.39, 0.29) is 36.3 Å². The summed E-state index contributed by atoms with van der Waals surface area (Å²) >= 11 is 0. The van der Waals surface area contributed by atoms with Gasteiger partial charge in [0.05, 0.1) is 30.4 Å². The number of rotatable bonds is 8. The van der Waals surface area contributed by atoms with E-state index in [0.717, 1.165) is 12.8 Å². The Labute approximate surface area is 149 Å². The van der Waals surface area contributed by atoms with Crippen LogP contribution in [0.1, 0.15) is 29.6 Å². The largest absolute Gasteiger partial charge is 0.411 e. The minimum absolute atomic E-state index is 0.00788. The number of hydrogen-bond acceptors (Lipinski definition) is 4. The average molecular weight is 374 g/mol. The highest BCUT2D eigenvalue weighted by molar-refractivity contribution is 6.03. The lowest BCUT2D eigenvalue weighted by Crippen LogP contribution is -2.32. The van der Waals surface area contributed by atoms with Gasteiger partial charge in [0.25, 0.3) is 5.91 Å². The molecule has 0 aliphatic carbocycles. The van der Waals surface area contributed by atoms with Crippen molar-refractivity contribution in [3.8, 4) is 0 Å². The second kappa shape index (κ2) is 9.54. The van der Waals surface area contributed by atoms with Crippen molar-refractivity contribution < 1.29 is 32.2 Å². The molecule has 2 amide bonds. The van der Waals surface area contributed by atoms with Crippen LogP contribution >= 0.6 is 0 Å². The summed E-state index contributed by atoms with van der Waals surface area (Å²) in [6.45, 7) is -0.697. The van der Waals surface area contributed by atoms with E-state index in [9.17, 15) is 22.8 Å². The first-order chi connectivity index (χ1) is 12.3. The molecule has 6 nitrogen and oxygen atoms in total. The molecule has 26 heavy (non-hydrogen) atoms. The van der Waals surface area contributed by atoms with Gasteiger partial charge in [0.2, 0.25) is 5.91 Å². The molecule has 1 heterocycles. The van der Waals surface area contributed by atoms with Crippen LogP contribution in [0.5, 0.6) is 0 Å². The average Bonchev–Trinajstić information content (AvgIpc) is 3.10. The molecular weight excluding hydrogens is 353 g/mol. The van der Waals surface area contributed by atoms with Gasteiger partial charge in [0.15, 0.2) is 0 Å². The van der Waals surface area contributed by atoms with Gasteiger partial charge in [-0.3, -0.25) is 9.59 Å². The summed E-state index contributed by atoms with van der Waals surface area (Å²) in [7, 11) is 0. The van der Waals surface area contributed by atoms with Crippen LogP contribution in [-0.2, 0) is 14.3 Å². The SMILES string of the molecule is O=C(CCOCC(F)(F)F)Nc1ccccc1C(=O)NCC1CCCO1. The first kappa shape index (κ1) is 20.2. The zero-order valence-electron chi connectivity index (χ0n) is 14.1. The predicted molar refractivity (Wildman–Crippen MR) is 87.9 cm³/mol. The number of nitrogens with one attached hydrogen (secondary N) is 2. The topological polar surface area (TPSA) is 76.7 Å². The van der Waals surface area contributed by atoms with Gasteiger partial charge >= 0.3 is 6.18 Å². The number of carbonyl (C=O) groups excluding carboxylic acids is 2. The second-order valence-corrected chi connectivity index (χ2v) is 5.86. The van der Waals surface area contributed by atoms with E-state index in [1.807, 2.05) is 0 Å². The summed E-state index contributed by atoms with van der Waals surface area (Å²) in [6, 6.07) is 6.41. The van der Waals surface area contributed by atoms with Crippen molar-refractivity contribution in [2.24, 2.45) is 0 Å². The molecule has 0 radical (unpaired) electrons. The summed E-state index contributed by atoms with van der Waals surface area (Å²) in [5, 5.41) is 5.28. The third-order valence-electron chi connectivity index (χ3n) is 3.70. The highest BCUT2D eigenvalue weighted by Crippen LogP contribution is 2.17. The Balaban J connectivity index is 1.83. The van der Waals surface area contributed by atoms with Crippen LogP contribution in [0.4, 0.5) is 18.9 Å². The monoisotopic (exact) mass is 374 g/mol. The molecule has 0 spiro atoms. The summed E-state index contributed by atoms with van der Waals surface area (Å²) in [5.74, 6) is -0.892. The Morgan fingerprint density at radius 1 is 1.27 bits per heavy atom. The third-order valence-corrected chi connectivity index (χ3v) is 3.70. The molecule has 0 saturated carbocycles. The zero-order valence-corrected chi connectivity index (χ0v) is 14.1. The number of hydrogen-bond donors (Lipinski definition) is 2. The molecule has 9 heteroatoms. The summed E-state index contributed by atoms with van der Waals surface area (Å²) in [4.78, 5) is 24.2. The van der Waals surface area contributed by atoms with Crippen LogP contribution in [-0.4, -0.2) is 50.5 Å². The van der Waals surface area contributed by atoms with E-state index in [2.05, 4.69) is 15.4 Å². The number of benzene rings is 1. The molecular formula is C17H21F3N2O4. The van der Waals surface area contributed by atoms with Gasteiger partial charge in [-0.25, -0.2) is 0 Å². The van der Waals surface area contributed by atoms with Crippen molar-refractivity contribution in [3.05, 3.63) is 29.8 Å². The van der Waals surface area contributed by atoms with Gasteiger partial charge < -0.3 is 20.1 Å². The molecule has 0 bridgehead atoms. The molecule has 0 aromatic heterocycles. The van der Waals surface area contributed by atoms with Crippen LogP contribution in [0.25, 0.3) is 0 Å². The lowest BCUT2D eigenvalue weighted by atomic mass is 10.1. The number of anilines is 1.